The van der Waals surface area contributed by atoms with Crippen molar-refractivity contribution in [2.45, 2.75) is 77.1 Å². The van der Waals surface area contributed by atoms with Gasteiger partial charge < -0.3 is 19.9 Å². The zero-order valence-corrected chi connectivity index (χ0v) is 15.1. The molecule has 6 nitrogen and oxygen atoms in total. The minimum atomic E-state index is -0.456. The van der Waals surface area contributed by atoms with Crippen LogP contribution in [0.25, 0.3) is 0 Å². The summed E-state index contributed by atoms with van der Waals surface area (Å²) in [4.78, 5) is 28.0. The van der Waals surface area contributed by atoms with E-state index in [2.05, 4.69) is 5.32 Å². The lowest BCUT2D eigenvalue weighted by Gasteiger charge is -2.39. The Morgan fingerprint density at radius 1 is 1.22 bits per heavy atom. The predicted molar refractivity (Wildman–Crippen MR) is 89.2 cm³/mol. The molecule has 2 fully saturated rings. The molecule has 132 valence electrons. The maximum atomic E-state index is 12.4. The number of piperidine rings is 1. The van der Waals surface area contributed by atoms with Gasteiger partial charge in [-0.05, 0) is 53.4 Å². The van der Waals surface area contributed by atoms with Crippen molar-refractivity contribution in [2.24, 2.45) is 0 Å². The summed E-state index contributed by atoms with van der Waals surface area (Å²) in [5, 5.41) is 3.38. The van der Waals surface area contributed by atoms with E-state index in [4.69, 9.17) is 4.74 Å². The first kappa shape index (κ1) is 18.0. The standard InChI is InChI=1S/C17H31N3O3/c1-6-19(5)15(21)11-18-12-9-13-7-8-14(10-12)20(13)16(22)23-17(2,3)4/h12-14,18H,6-11H2,1-5H3. The SMILES string of the molecule is CCN(C)C(=O)CNC1CC2CCC(C1)N2C(=O)OC(C)(C)C. The molecular weight excluding hydrogens is 294 g/mol. The average Bonchev–Trinajstić information content (AvgIpc) is 2.73. The van der Waals surface area contributed by atoms with E-state index >= 15 is 0 Å². The van der Waals surface area contributed by atoms with Crippen molar-refractivity contribution >= 4 is 12.0 Å². The molecule has 2 heterocycles. The fraction of sp³-hybridized carbons (Fsp3) is 0.882. The van der Waals surface area contributed by atoms with Crippen LogP contribution in [0.5, 0.6) is 0 Å². The highest BCUT2D eigenvalue weighted by atomic mass is 16.6. The summed E-state index contributed by atoms with van der Waals surface area (Å²) < 4.78 is 5.54. The van der Waals surface area contributed by atoms with Gasteiger partial charge in [-0.3, -0.25) is 4.79 Å². The fourth-order valence-corrected chi connectivity index (χ4v) is 3.50. The first-order valence-corrected chi connectivity index (χ1v) is 8.70. The van der Waals surface area contributed by atoms with E-state index in [1.54, 1.807) is 4.90 Å². The number of hydrogen-bond acceptors (Lipinski definition) is 4. The summed E-state index contributed by atoms with van der Waals surface area (Å²) >= 11 is 0. The second kappa shape index (κ2) is 7.07. The Kier molecular flexibility index (Phi) is 5.55. The molecule has 2 amide bonds. The van der Waals surface area contributed by atoms with Crippen LogP contribution in [0.3, 0.4) is 0 Å². The van der Waals surface area contributed by atoms with Crippen molar-refractivity contribution in [3.63, 3.8) is 0 Å². The Bertz CT molecular complexity index is 433. The summed E-state index contributed by atoms with van der Waals surface area (Å²) in [5.74, 6) is 0.120. The second-order valence-corrected chi connectivity index (χ2v) is 7.73. The van der Waals surface area contributed by atoms with Crippen LogP contribution in [0.4, 0.5) is 4.79 Å². The number of nitrogens with zero attached hydrogens (tertiary/aromatic N) is 2. The van der Waals surface area contributed by atoms with Crippen molar-refractivity contribution in [3.05, 3.63) is 0 Å². The van der Waals surface area contributed by atoms with Crippen LogP contribution < -0.4 is 5.32 Å². The molecule has 0 radical (unpaired) electrons. The molecule has 2 atom stereocenters. The van der Waals surface area contributed by atoms with E-state index in [9.17, 15) is 9.59 Å². The topological polar surface area (TPSA) is 61.9 Å². The van der Waals surface area contributed by atoms with Crippen molar-refractivity contribution in [1.29, 1.82) is 0 Å². The van der Waals surface area contributed by atoms with E-state index in [-0.39, 0.29) is 24.1 Å². The monoisotopic (exact) mass is 325 g/mol. The van der Waals surface area contributed by atoms with Crippen LogP contribution in [0.15, 0.2) is 0 Å². The van der Waals surface area contributed by atoms with Crippen LogP contribution in [-0.2, 0) is 9.53 Å². The average molecular weight is 325 g/mol. The van der Waals surface area contributed by atoms with Gasteiger partial charge in [0.25, 0.3) is 0 Å². The molecule has 2 aliphatic heterocycles. The minimum Gasteiger partial charge on any atom is -0.444 e. The van der Waals surface area contributed by atoms with Gasteiger partial charge in [0, 0.05) is 31.7 Å². The first-order chi connectivity index (χ1) is 10.7. The normalized spacial score (nSPS) is 27.0. The lowest BCUT2D eigenvalue weighted by atomic mass is 9.97. The molecule has 2 bridgehead atoms. The summed E-state index contributed by atoms with van der Waals surface area (Å²) in [7, 11) is 1.82. The number of rotatable bonds is 4. The van der Waals surface area contributed by atoms with Crippen molar-refractivity contribution in [1.82, 2.24) is 15.1 Å². The van der Waals surface area contributed by atoms with Gasteiger partial charge in [0.15, 0.2) is 0 Å². The van der Waals surface area contributed by atoms with Crippen LogP contribution in [-0.4, -0.2) is 65.7 Å². The van der Waals surface area contributed by atoms with Crippen LogP contribution in [0.1, 0.15) is 53.4 Å². The number of nitrogens with one attached hydrogen (secondary N) is 1. The maximum Gasteiger partial charge on any atom is 0.410 e. The number of carbonyl (C=O) groups excluding carboxylic acids is 2. The van der Waals surface area contributed by atoms with Crippen molar-refractivity contribution in [2.75, 3.05) is 20.1 Å². The number of likely N-dealkylation sites (N-methyl/N-ethyl adjacent to an activating group) is 1. The molecule has 2 saturated heterocycles. The van der Waals surface area contributed by atoms with Gasteiger partial charge in [0.2, 0.25) is 5.91 Å². The van der Waals surface area contributed by atoms with Crippen LogP contribution in [0, 0.1) is 0 Å². The van der Waals surface area contributed by atoms with Gasteiger partial charge in [-0.2, -0.15) is 0 Å². The highest BCUT2D eigenvalue weighted by Crippen LogP contribution is 2.36. The van der Waals surface area contributed by atoms with Crippen molar-refractivity contribution < 1.29 is 14.3 Å². The van der Waals surface area contributed by atoms with Gasteiger partial charge in [-0.25, -0.2) is 4.79 Å². The summed E-state index contributed by atoms with van der Waals surface area (Å²) in [6, 6.07) is 0.778. The molecule has 0 saturated carbocycles. The lowest BCUT2D eigenvalue weighted by molar-refractivity contribution is -0.129. The van der Waals surface area contributed by atoms with E-state index in [1.807, 2.05) is 39.6 Å². The maximum absolute atomic E-state index is 12.4. The highest BCUT2D eigenvalue weighted by Gasteiger charge is 2.44. The number of hydrogen-bond donors (Lipinski definition) is 1. The van der Waals surface area contributed by atoms with Gasteiger partial charge in [0.05, 0.1) is 6.54 Å². The molecule has 0 spiro atoms. The molecule has 2 rings (SSSR count). The number of amides is 2. The number of fused-ring (bicyclic) bond motifs is 2. The smallest absolute Gasteiger partial charge is 0.410 e. The zero-order chi connectivity index (χ0) is 17.2. The molecule has 6 heteroatoms. The molecule has 0 aromatic rings. The second-order valence-electron chi connectivity index (χ2n) is 7.73. The summed E-state index contributed by atoms with van der Waals surface area (Å²) in [5.41, 5.74) is -0.456. The van der Waals surface area contributed by atoms with Gasteiger partial charge in [-0.15, -0.1) is 0 Å². The molecule has 2 aliphatic rings. The Balaban J connectivity index is 1.87. The molecule has 0 aromatic carbocycles. The zero-order valence-electron chi connectivity index (χ0n) is 15.1. The summed E-state index contributed by atoms with van der Waals surface area (Å²) in [6.45, 7) is 8.77. The molecule has 2 unspecified atom stereocenters. The van der Waals surface area contributed by atoms with Crippen LogP contribution >= 0.6 is 0 Å². The molecule has 0 aromatic heterocycles. The molecule has 0 aliphatic carbocycles. The van der Waals surface area contributed by atoms with E-state index in [0.29, 0.717) is 12.6 Å². The van der Waals surface area contributed by atoms with Crippen molar-refractivity contribution in [3.8, 4) is 0 Å². The lowest BCUT2D eigenvalue weighted by Crippen LogP contribution is -2.53. The van der Waals surface area contributed by atoms with Gasteiger partial charge >= 0.3 is 6.09 Å². The molecular formula is C17H31N3O3. The molecule has 1 N–H and O–H groups in total. The minimum absolute atomic E-state index is 0.120. The van der Waals surface area contributed by atoms with E-state index in [0.717, 1.165) is 32.2 Å². The van der Waals surface area contributed by atoms with Gasteiger partial charge in [-0.1, -0.05) is 0 Å². The van der Waals surface area contributed by atoms with Crippen LogP contribution in [0.2, 0.25) is 0 Å². The third-order valence-electron chi connectivity index (χ3n) is 4.78. The van der Waals surface area contributed by atoms with Gasteiger partial charge in [0.1, 0.15) is 5.60 Å². The third-order valence-corrected chi connectivity index (χ3v) is 4.78. The Morgan fingerprint density at radius 2 is 1.78 bits per heavy atom. The fourth-order valence-electron chi connectivity index (χ4n) is 3.50. The Labute approximate surface area is 139 Å². The quantitative estimate of drug-likeness (QED) is 0.858. The number of ether oxygens (including phenoxy) is 1. The number of carbonyl (C=O) groups is 2. The largest absolute Gasteiger partial charge is 0.444 e. The summed E-state index contributed by atoms with van der Waals surface area (Å²) in [6.07, 6.45) is 3.68. The molecule has 23 heavy (non-hydrogen) atoms. The first-order valence-electron chi connectivity index (χ1n) is 8.70. The van der Waals surface area contributed by atoms with E-state index in [1.165, 1.54) is 0 Å². The third kappa shape index (κ3) is 4.59. The highest BCUT2D eigenvalue weighted by molar-refractivity contribution is 5.78. The Morgan fingerprint density at radius 3 is 2.26 bits per heavy atom. The van der Waals surface area contributed by atoms with E-state index < -0.39 is 5.60 Å². The predicted octanol–water partition coefficient (Wildman–Crippen LogP) is 1.98. The Hall–Kier alpha value is -1.30.